The number of carboxylic acid groups (broad SMARTS) is 1. The molecule has 0 saturated heterocycles. The molecule has 2 rings (SSSR count). The van der Waals surface area contributed by atoms with E-state index in [4.69, 9.17) is 5.11 Å². The number of hydrogen-bond donors (Lipinski definition) is 1. The zero-order valence-electron chi connectivity index (χ0n) is 12.1. The molecule has 1 aliphatic rings. The van der Waals surface area contributed by atoms with Gasteiger partial charge < -0.3 is 5.11 Å². The molecule has 0 heterocycles. The number of benzene rings is 1. The van der Waals surface area contributed by atoms with E-state index >= 15 is 0 Å². The summed E-state index contributed by atoms with van der Waals surface area (Å²) in [6.45, 7) is 5.80. The lowest BCUT2D eigenvalue weighted by molar-refractivity contribution is 0.0691. The fourth-order valence-electron chi connectivity index (χ4n) is 2.34. The average molecular weight is 279 g/mol. The van der Waals surface area contributed by atoms with Crippen LogP contribution >= 0.6 is 0 Å². The van der Waals surface area contributed by atoms with Gasteiger partial charge in [-0.05, 0) is 37.8 Å². The number of halogens is 1. The molecule has 20 heavy (non-hydrogen) atoms. The van der Waals surface area contributed by atoms with Gasteiger partial charge in [-0.1, -0.05) is 26.0 Å². The zero-order valence-corrected chi connectivity index (χ0v) is 12.1. The summed E-state index contributed by atoms with van der Waals surface area (Å²) in [6.07, 6.45) is 3.41. The minimum absolute atomic E-state index is 0.234. The Hall–Kier alpha value is -1.42. The van der Waals surface area contributed by atoms with Gasteiger partial charge in [-0.15, -0.1) is 0 Å². The van der Waals surface area contributed by atoms with Crippen LogP contribution in [0.3, 0.4) is 0 Å². The van der Waals surface area contributed by atoms with E-state index in [0.717, 1.165) is 13.0 Å². The van der Waals surface area contributed by atoms with Gasteiger partial charge in [-0.25, -0.2) is 9.18 Å². The minimum Gasteiger partial charge on any atom is -0.478 e. The number of carboxylic acids is 1. The summed E-state index contributed by atoms with van der Waals surface area (Å²) in [5, 5.41) is 8.97. The van der Waals surface area contributed by atoms with Crippen LogP contribution in [-0.4, -0.2) is 28.6 Å². The average Bonchev–Trinajstić information content (AvgIpc) is 3.20. The van der Waals surface area contributed by atoms with Crippen molar-refractivity contribution in [2.24, 2.45) is 5.92 Å². The number of hydrogen-bond acceptors (Lipinski definition) is 2. The summed E-state index contributed by atoms with van der Waals surface area (Å²) in [4.78, 5) is 13.2. The lowest BCUT2D eigenvalue weighted by Gasteiger charge is -2.23. The van der Waals surface area contributed by atoms with E-state index in [2.05, 4.69) is 18.7 Å². The Kier molecular flexibility index (Phi) is 4.76. The van der Waals surface area contributed by atoms with Gasteiger partial charge in [-0.2, -0.15) is 0 Å². The Labute approximate surface area is 119 Å². The lowest BCUT2D eigenvalue weighted by atomic mass is 10.1. The lowest BCUT2D eigenvalue weighted by Crippen LogP contribution is -2.28. The van der Waals surface area contributed by atoms with E-state index < -0.39 is 11.8 Å². The first-order chi connectivity index (χ1) is 9.49. The van der Waals surface area contributed by atoms with Crippen LogP contribution in [0.1, 0.15) is 49.0 Å². The van der Waals surface area contributed by atoms with Gasteiger partial charge in [0.2, 0.25) is 0 Å². The van der Waals surface area contributed by atoms with Crippen LogP contribution in [0.4, 0.5) is 4.39 Å². The first-order valence-electron chi connectivity index (χ1n) is 7.23. The second-order valence-electron chi connectivity index (χ2n) is 5.97. The predicted molar refractivity (Wildman–Crippen MR) is 76.2 cm³/mol. The number of rotatable bonds is 7. The fourth-order valence-corrected chi connectivity index (χ4v) is 2.34. The third kappa shape index (κ3) is 3.79. The van der Waals surface area contributed by atoms with Crippen molar-refractivity contribution < 1.29 is 14.3 Å². The summed E-state index contributed by atoms with van der Waals surface area (Å²) >= 11 is 0. The topological polar surface area (TPSA) is 40.5 Å². The molecule has 1 N–H and O–H groups in total. The molecule has 3 nitrogen and oxygen atoms in total. The van der Waals surface area contributed by atoms with Crippen LogP contribution in [0.5, 0.6) is 0 Å². The van der Waals surface area contributed by atoms with Crippen molar-refractivity contribution in [2.45, 2.75) is 45.7 Å². The molecule has 1 aromatic carbocycles. The van der Waals surface area contributed by atoms with Crippen LogP contribution in [-0.2, 0) is 6.54 Å². The second-order valence-corrected chi connectivity index (χ2v) is 5.97. The van der Waals surface area contributed by atoms with Crippen molar-refractivity contribution in [3.63, 3.8) is 0 Å². The summed E-state index contributed by atoms with van der Waals surface area (Å²) < 4.78 is 14.2. The third-order valence-corrected chi connectivity index (χ3v) is 3.74. The molecular weight excluding hydrogens is 257 g/mol. The monoisotopic (exact) mass is 279 g/mol. The summed E-state index contributed by atoms with van der Waals surface area (Å²) in [7, 11) is 0. The highest BCUT2D eigenvalue weighted by molar-refractivity contribution is 5.88. The van der Waals surface area contributed by atoms with Crippen molar-refractivity contribution in [1.29, 1.82) is 0 Å². The molecule has 1 aromatic rings. The Bertz CT molecular complexity index is 483. The van der Waals surface area contributed by atoms with Crippen LogP contribution in [0.25, 0.3) is 0 Å². The molecule has 0 spiro atoms. The molecule has 1 saturated carbocycles. The van der Waals surface area contributed by atoms with Crippen molar-refractivity contribution in [3.8, 4) is 0 Å². The molecule has 1 fully saturated rings. The molecule has 4 heteroatoms. The molecule has 0 unspecified atom stereocenters. The summed E-state index contributed by atoms with van der Waals surface area (Å²) in [5.41, 5.74) is 0.252. The minimum atomic E-state index is -1.20. The molecule has 0 bridgehead atoms. The fraction of sp³-hybridized carbons (Fsp3) is 0.562. The Morgan fingerprint density at radius 2 is 2.15 bits per heavy atom. The predicted octanol–water partition coefficient (Wildman–Crippen LogP) is 3.53. The number of carbonyl (C=O) groups is 1. The van der Waals surface area contributed by atoms with E-state index in [1.165, 1.54) is 18.9 Å². The van der Waals surface area contributed by atoms with Crippen molar-refractivity contribution in [3.05, 3.63) is 35.1 Å². The van der Waals surface area contributed by atoms with Crippen LogP contribution in [0.2, 0.25) is 0 Å². The SMILES string of the molecule is CC(C)CCN(Cc1cccc(C(=O)O)c1F)C1CC1. The molecule has 0 aromatic heterocycles. The largest absolute Gasteiger partial charge is 0.478 e. The van der Waals surface area contributed by atoms with Gasteiger partial charge in [0.05, 0.1) is 5.56 Å². The molecule has 0 atom stereocenters. The van der Waals surface area contributed by atoms with E-state index in [0.29, 0.717) is 24.1 Å². The van der Waals surface area contributed by atoms with E-state index in [-0.39, 0.29) is 5.56 Å². The van der Waals surface area contributed by atoms with Crippen molar-refractivity contribution >= 4 is 5.97 Å². The molecule has 1 aliphatic carbocycles. The molecule has 0 radical (unpaired) electrons. The quantitative estimate of drug-likeness (QED) is 0.830. The highest BCUT2D eigenvalue weighted by atomic mass is 19.1. The van der Waals surface area contributed by atoms with Crippen molar-refractivity contribution in [1.82, 2.24) is 4.90 Å². The summed E-state index contributed by atoms with van der Waals surface area (Å²) in [6, 6.07) is 5.17. The van der Waals surface area contributed by atoms with Crippen LogP contribution < -0.4 is 0 Å². The maximum Gasteiger partial charge on any atom is 0.338 e. The second kappa shape index (κ2) is 6.35. The van der Waals surface area contributed by atoms with E-state index in [1.54, 1.807) is 12.1 Å². The maximum atomic E-state index is 14.2. The Balaban J connectivity index is 2.10. The first-order valence-corrected chi connectivity index (χ1v) is 7.23. The normalized spacial score (nSPS) is 15.1. The highest BCUT2D eigenvalue weighted by Crippen LogP contribution is 2.29. The highest BCUT2D eigenvalue weighted by Gasteiger charge is 2.29. The standard InChI is InChI=1S/C16H22FNO2/c1-11(2)8-9-18(13-6-7-13)10-12-4-3-5-14(15(12)17)16(19)20/h3-5,11,13H,6-10H2,1-2H3,(H,19,20). The Morgan fingerprint density at radius 1 is 1.45 bits per heavy atom. The van der Waals surface area contributed by atoms with Crippen LogP contribution in [0, 0.1) is 11.7 Å². The van der Waals surface area contributed by atoms with Gasteiger partial charge in [0.1, 0.15) is 5.82 Å². The van der Waals surface area contributed by atoms with Crippen molar-refractivity contribution in [2.75, 3.05) is 6.54 Å². The van der Waals surface area contributed by atoms with Gasteiger partial charge in [-0.3, -0.25) is 4.90 Å². The summed E-state index contributed by atoms with van der Waals surface area (Å²) in [5.74, 6) is -1.17. The van der Waals surface area contributed by atoms with Gasteiger partial charge in [0, 0.05) is 18.2 Å². The maximum absolute atomic E-state index is 14.2. The third-order valence-electron chi connectivity index (χ3n) is 3.74. The van der Waals surface area contributed by atoms with Crippen LogP contribution in [0.15, 0.2) is 18.2 Å². The first kappa shape index (κ1) is 15.0. The van der Waals surface area contributed by atoms with E-state index in [1.807, 2.05) is 0 Å². The molecule has 110 valence electrons. The van der Waals surface area contributed by atoms with Gasteiger partial charge >= 0.3 is 5.97 Å². The zero-order chi connectivity index (χ0) is 14.7. The molecular formula is C16H22FNO2. The van der Waals surface area contributed by atoms with Gasteiger partial charge in [0.25, 0.3) is 0 Å². The number of aromatic carboxylic acids is 1. The molecule has 0 aliphatic heterocycles. The molecule has 0 amide bonds. The smallest absolute Gasteiger partial charge is 0.338 e. The van der Waals surface area contributed by atoms with E-state index in [9.17, 15) is 9.18 Å². The van der Waals surface area contributed by atoms with Gasteiger partial charge in [0.15, 0.2) is 0 Å². The Morgan fingerprint density at radius 3 is 2.70 bits per heavy atom. The number of nitrogens with zero attached hydrogens (tertiary/aromatic N) is 1.